The largest absolute Gasteiger partial charge is 0.415 e. The molecule has 8 heteroatoms. The molecule has 0 unspecified atom stereocenters. The van der Waals surface area contributed by atoms with Gasteiger partial charge >= 0.3 is 0 Å². The normalized spacial score (nSPS) is 15.6. The van der Waals surface area contributed by atoms with Crippen LogP contribution in [0.2, 0.25) is 28.2 Å². The van der Waals surface area contributed by atoms with E-state index in [1.54, 1.807) is 6.07 Å². The summed E-state index contributed by atoms with van der Waals surface area (Å²) in [5.41, 5.74) is 1.46. The van der Waals surface area contributed by atoms with Crippen LogP contribution < -0.4 is 0 Å². The van der Waals surface area contributed by atoms with Gasteiger partial charge in [0.1, 0.15) is 5.69 Å². The molecule has 0 fully saturated rings. The summed E-state index contributed by atoms with van der Waals surface area (Å²) in [6.45, 7) is 13.6. The summed E-state index contributed by atoms with van der Waals surface area (Å²) in [5.74, 6) is 0.00960. The first-order chi connectivity index (χ1) is 12.4. The maximum Gasteiger partial charge on any atom is 0.270 e. The van der Waals surface area contributed by atoms with E-state index in [0.717, 1.165) is 15.4 Å². The highest BCUT2D eigenvalue weighted by Gasteiger charge is 2.37. The van der Waals surface area contributed by atoms with E-state index in [0.29, 0.717) is 42.0 Å². The van der Waals surface area contributed by atoms with E-state index in [4.69, 9.17) is 27.6 Å². The summed E-state index contributed by atoms with van der Waals surface area (Å²) in [4.78, 5) is 14.9. The van der Waals surface area contributed by atoms with Crippen LogP contribution in [0.25, 0.3) is 10.9 Å². The SMILES string of the molecule is CC(C)(C)[Si](C)(C)OCCN1CCn2c(cc3c(Br)cc(Cl)c(Cl)c32)C1=O. The Labute approximate surface area is 180 Å². The maximum atomic E-state index is 13.0. The fraction of sp³-hybridized carbons (Fsp3) is 0.526. The van der Waals surface area contributed by atoms with Crippen LogP contribution in [0.4, 0.5) is 0 Å². The van der Waals surface area contributed by atoms with Gasteiger partial charge in [0.05, 0.1) is 22.2 Å². The predicted molar refractivity (Wildman–Crippen MR) is 119 cm³/mol. The van der Waals surface area contributed by atoms with Crippen LogP contribution >= 0.6 is 39.1 Å². The number of carbonyl (C=O) groups is 1. The van der Waals surface area contributed by atoms with Crippen LogP contribution in [-0.4, -0.2) is 43.4 Å². The van der Waals surface area contributed by atoms with E-state index in [9.17, 15) is 4.79 Å². The van der Waals surface area contributed by atoms with Gasteiger partial charge in [0.2, 0.25) is 0 Å². The number of hydrogen-bond donors (Lipinski definition) is 0. The Morgan fingerprint density at radius 1 is 1.22 bits per heavy atom. The molecule has 27 heavy (non-hydrogen) atoms. The molecule has 0 bridgehead atoms. The van der Waals surface area contributed by atoms with Crippen LogP contribution in [0.3, 0.4) is 0 Å². The molecule has 1 aromatic heterocycles. The molecule has 0 spiro atoms. The Morgan fingerprint density at radius 3 is 2.52 bits per heavy atom. The molecule has 0 radical (unpaired) electrons. The first kappa shape index (κ1) is 21.2. The number of rotatable bonds is 4. The molecule has 1 amide bonds. The van der Waals surface area contributed by atoms with Gasteiger partial charge in [0.15, 0.2) is 8.32 Å². The third-order valence-electron chi connectivity index (χ3n) is 5.76. The Hall–Kier alpha value is -0.533. The average Bonchev–Trinajstić information content (AvgIpc) is 2.95. The lowest BCUT2D eigenvalue weighted by Gasteiger charge is -2.37. The molecular weight excluding hydrogens is 467 g/mol. The fourth-order valence-electron chi connectivity index (χ4n) is 3.07. The van der Waals surface area contributed by atoms with E-state index in [1.807, 2.05) is 15.5 Å². The molecule has 1 aromatic carbocycles. The standard InChI is InChI=1S/C19H25BrCl2N2O2Si/c1-19(2,3)27(4,5)26-9-8-23-6-7-24-15(18(23)25)10-12-13(20)11-14(21)16(22)17(12)24/h10-11H,6-9H2,1-5H3. The minimum atomic E-state index is -1.81. The molecule has 0 N–H and O–H groups in total. The third kappa shape index (κ3) is 3.84. The summed E-state index contributed by atoms with van der Waals surface area (Å²) < 4.78 is 9.05. The van der Waals surface area contributed by atoms with Crippen molar-refractivity contribution < 1.29 is 9.22 Å². The molecule has 2 heterocycles. The van der Waals surface area contributed by atoms with Crippen LogP contribution in [-0.2, 0) is 11.0 Å². The number of amides is 1. The molecule has 4 nitrogen and oxygen atoms in total. The number of benzene rings is 1. The Morgan fingerprint density at radius 2 is 1.89 bits per heavy atom. The molecule has 0 atom stereocenters. The molecule has 148 valence electrons. The third-order valence-corrected chi connectivity index (χ3v) is 11.7. The fourth-order valence-corrected chi connectivity index (χ4v) is 5.22. The average molecular weight is 492 g/mol. The number of halogens is 3. The van der Waals surface area contributed by atoms with Crippen LogP contribution in [0, 0.1) is 0 Å². The van der Waals surface area contributed by atoms with Crippen LogP contribution in [0.1, 0.15) is 31.3 Å². The zero-order chi connectivity index (χ0) is 20.1. The van der Waals surface area contributed by atoms with Crippen molar-refractivity contribution in [2.45, 2.75) is 45.4 Å². The molecule has 3 rings (SSSR count). The second kappa shape index (κ2) is 7.37. The van der Waals surface area contributed by atoms with Gasteiger partial charge in [-0.25, -0.2) is 0 Å². The maximum absolute atomic E-state index is 13.0. The minimum Gasteiger partial charge on any atom is -0.415 e. The molecule has 0 aliphatic carbocycles. The van der Waals surface area contributed by atoms with Gasteiger partial charge in [0, 0.05) is 29.5 Å². The van der Waals surface area contributed by atoms with Gasteiger partial charge in [-0.15, -0.1) is 0 Å². The van der Waals surface area contributed by atoms with Crippen LogP contribution in [0.15, 0.2) is 16.6 Å². The molecule has 2 aromatic rings. The predicted octanol–water partition coefficient (Wildman–Crippen LogP) is 6.19. The quantitative estimate of drug-likeness (QED) is 0.377. The molecule has 0 saturated heterocycles. The lowest BCUT2D eigenvalue weighted by Crippen LogP contribution is -2.45. The lowest BCUT2D eigenvalue weighted by molar-refractivity contribution is 0.0674. The smallest absolute Gasteiger partial charge is 0.270 e. The number of aromatic nitrogens is 1. The highest BCUT2D eigenvalue weighted by atomic mass is 79.9. The topological polar surface area (TPSA) is 34.5 Å². The highest BCUT2D eigenvalue weighted by molar-refractivity contribution is 9.10. The summed E-state index contributed by atoms with van der Waals surface area (Å²) in [6.07, 6.45) is 0. The van der Waals surface area contributed by atoms with Crippen molar-refractivity contribution in [1.29, 1.82) is 0 Å². The summed E-state index contributed by atoms with van der Waals surface area (Å²) in [5, 5.41) is 2.04. The second-order valence-corrected chi connectivity index (χ2v) is 14.9. The van der Waals surface area contributed by atoms with E-state index >= 15 is 0 Å². The number of hydrogen-bond acceptors (Lipinski definition) is 2. The van der Waals surface area contributed by atoms with Gasteiger partial charge in [0.25, 0.3) is 5.91 Å². The Bertz CT molecular complexity index is 905. The van der Waals surface area contributed by atoms with Gasteiger partial charge in [-0.1, -0.05) is 59.9 Å². The second-order valence-electron chi connectivity index (χ2n) is 8.50. The van der Waals surface area contributed by atoms with Gasteiger partial charge in [-0.2, -0.15) is 0 Å². The van der Waals surface area contributed by atoms with E-state index in [-0.39, 0.29) is 10.9 Å². The first-order valence-corrected chi connectivity index (χ1v) is 13.5. The van der Waals surface area contributed by atoms with Crippen molar-refractivity contribution in [3.63, 3.8) is 0 Å². The minimum absolute atomic E-state index is 0.00960. The lowest BCUT2D eigenvalue weighted by atomic mass is 10.2. The molecule has 1 aliphatic heterocycles. The zero-order valence-electron chi connectivity index (χ0n) is 16.3. The van der Waals surface area contributed by atoms with Crippen molar-refractivity contribution >= 4 is 64.3 Å². The van der Waals surface area contributed by atoms with Crippen molar-refractivity contribution in [3.05, 3.63) is 32.3 Å². The molecular formula is C19H25BrCl2N2O2Si. The van der Waals surface area contributed by atoms with Gasteiger partial charge in [-0.05, 0) is 30.3 Å². The number of carbonyl (C=O) groups excluding carboxylic acids is 1. The van der Waals surface area contributed by atoms with Gasteiger partial charge in [-0.3, -0.25) is 4.79 Å². The number of nitrogens with zero attached hydrogens (tertiary/aromatic N) is 2. The molecule has 1 aliphatic rings. The summed E-state index contributed by atoms with van der Waals surface area (Å²) in [6, 6.07) is 3.67. The first-order valence-electron chi connectivity index (χ1n) is 9.04. The summed E-state index contributed by atoms with van der Waals surface area (Å²) >= 11 is 16.2. The number of fused-ring (bicyclic) bond motifs is 3. The monoisotopic (exact) mass is 490 g/mol. The summed E-state index contributed by atoms with van der Waals surface area (Å²) in [7, 11) is -1.81. The molecule has 0 saturated carbocycles. The van der Waals surface area contributed by atoms with Crippen molar-refractivity contribution in [3.8, 4) is 0 Å². The highest BCUT2D eigenvalue weighted by Crippen LogP contribution is 2.39. The van der Waals surface area contributed by atoms with Crippen molar-refractivity contribution in [2.75, 3.05) is 19.7 Å². The van der Waals surface area contributed by atoms with Crippen LogP contribution in [0.5, 0.6) is 0 Å². The van der Waals surface area contributed by atoms with E-state index in [1.165, 1.54) is 0 Å². The van der Waals surface area contributed by atoms with Crippen molar-refractivity contribution in [1.82, 2.24) is 9.47 Å². The van der Waals surface area contributed by atoms with Gasteiger partial charge < -0.3 is 13.9 Å². The van der Waals surface area contributed by atoms with Crippen molar-refractivity contribution in [2.24, 2.45) is 0 Å². The zero-order valence-corrected chi connectivity index (χ0v) is 20.4. The van der Waals surface area contributed by atoms with E-state index < -0.39 is 8.32 Å². The Kier molecular flexibility index (Phi) is 5.79. The van der Waals surface area contributed by atoms with E-state index in [2.05, 4.69) is 49.8 Å². The Balaban J connectivity index is 1.80.